The predicted octanol–water partition coefficient (Wildman–Crippen LogP) is -0.841. The number of rotatable bonds is 6. The van der Waals surface area contributed by atoms with Crippen molar-refractivity contribution in [2.75, 3.05) is 19.6 Å². The number of nitrogens with zero attached hydrogens (tertiary/aromatic N) is 1. The summed E-state index contributed by atoms with van der Waals surface area (Å²) in [5, 5.41) is 13.4. The second kappa shape index (κ2) is 7.31. The van der Waals surface area contributed by atoms with Gasteiger partial charge in [-0.05, 0) is 13.8 Å². The average molecular weight is 246 g/mol. The fraction of sp³-hybridized carbons (Fsp3) is 0.667. The summed E-state index contributed by atoms with van der Waals surface area (Å²) in [6.07, 6.45) is 0. The van der Waals surface area contributed by atoms with Gasteiger partial charge in [0.2, 0.25) is 0 Å². The average Bonchev–Trinajstić information content (AvgIpc) is 2.19. The fourth-order valence-corrected chi connectivity index (χ4v) is 1.09. The monoisotopic (exact) mass is 246 g/mol. The topological polar surface area (TPSA) is 125 Å². The molecule has 0 saturated carbocycles. The van der Waals surface area contributed by atoms with Gasteiger partial charge in [-0.3, -0.25) is 4.79 Å². The Kier molecular flexibility index (Phi) is 6.46. The molecule has 8 nitrogen and oxygen atoms in total. The molecule has 0 radical (unpaired) electrons. The highest BCUT2D eigenvalue weighted by Crippen LogP contribution is 1.97. The Morgan fingerprint density at radius 1 is 1.24 bits per heavy atom. The van der Waals surface area contributed by atoms with Crippen molar-refractivity contribution in [1.82, 2.24) is 15.5 Å². The van der Waals surface area contributed by atoms with E-state index < -0.39 is 18.0 Å². The van der Waals surface area contributed by atoms with Crippen LogP contribution in [-0.4, -0.2) is 53.7 Å². The molecule has 0 rings (SSSR count). The van der Waals surface area contributed by atoms with Gasteiger partial charge < -0.3 is 26.4 Å². The Bertz CT molecular complexity index is 293. The summed E-state index contributed by atoms with van der Waals surface area (Å²) >= 11 is 0. The number of hydrogen-bond donors (Lipinski definition) is 4. The van der Waals surface area contributed by atoms with Gasteiger partial charge in [0.05, 0.1) is 0 Å². The lowest BCUT2D eigenvalue weighted by Crippen LogP contribution is -2.48. The molecule has 0 aromatic carbocycles. The van der Waals surface area contributed by atoms with Gasteiger partial charge in [0, 0.05) is 19.1 Å². The van der Waals surface area contributed by atoms with Gasteiger partial charge in [-0.15, -0.1) is 0 Å². The second-order valence-corrected chi connectivity index (χ2v) is 3.64. The number of carbonyl (C=O) groups is 3. The molecular formula is C9H18N4O4. The number of urea groups is 2. The van der Waals surface area contributed by atoms with Gasteiger partial charge in [-0.2, -0.15) is 0 Å². The van der Waals surface area contributed by atoms with Crippen LogP contribution < -0.4 is 16.4 Å². The Hall–Kier alpha value is -1.99. The van der Waals surface area contributed by atoms with Crippen LogP contribution in [0.25, 0.3) is 0 Å². The van der Waals surface area contributed by atoms with E-state index in [1.165, 1.54) is 4.90 Å². The smallest absolute Gasteiger partial charge is 0.323 e. The van der Waals surface area contributed by atoms with E-state index in [9.17, 15) is 14.4 Å². The summed E-state index contributed by atoms with van der Waals surface area (Å²) in [6, 6.07) is -1.39. The van der Waals surface area contributed by atoms with Crippen LogP contribution in [-0.2, 0) is 4.79 Å². The Morgan fingerprint density at radius 3 is 2.18 bits per heavy atom. The van der Waals surface area contributed by atoms with Crippen molar-refractivity contribution in [3.05, 3.63) is 0 Å². The van der Waals surface area contributed by atoms with Crippen molar-refractivity contribution in [1.29, 1.82) is 0 Å². The van der Waals surface area contributed by atoms with E-state index >= 15 is 0 Å². The molecule has 0 aliphatic rings. The summed E-state index contributed by atoms with van der Waals surface area (Å²) in [6.45, 7) is 3.44. The first kappa shape index (κ1) is 15.0. The van der Waals surface area contributed by atoms with Crippen LogP contribution in [0, 0.1) is 0 Å². The first-order valence-corrected chi connectivity index (χ1v) is 5.14. The van der Waals surface area contributed by atoms with Gasteiger partial charge in [0.1, 0.15) is 6.54 Å². The maximum absolute atomic E-state index is 11.6. The molecule has 0 aliphatic heterocycles. The summed E-state index contributed by atoms with van der Waals surface area (Å²) in [5.74, 6) is -1.08. The van der Waals surface area contributed by atoms with Crippen LogP contribution in [0.15, 0.2) is 0 Å². The van der Waals surface area contributed by atoms with Crippen LogP contribution in [0.3, 0.4) is 0 Å². The molecular weight excluding hydrogens is 228 g/mol. The van der Waals surface area contributed by atoms with E-state index in [1.807, 2.05) is 0 Å². The van der Waals surface area contributed by atoms with Gasteiger partial charge in [0.15, 0.2) is 0 Å². The number of nitrogens with two attached hydrogens (primary N) is 1. The molecule has 98 valence electrons. The normalized spacial score (nSPS) is 9.82. The largest absolute Gasteiger partial charge is 0.480 e. The second-order valence-electron chi connectivity index (χ2n) is 3.64. The van der Waals surface area contributed by atoms with Gasteiger partial charge in [-0.1, -0.05) is 0 Å². The number of amides is 4. The first-order valence-electron chi connectivity index (χ1n) is 5.14. The number of carbonyl (C=O) groups excluding carboxylic acids is 2. The number of nitrogens with one attached hydrogen (secondary N) is 2. The van der Waals surface area contributed by atoms with E-state index in [0.717, 1.165) is 0 Å². The maximum Gasteiger partial charge on any atom is 0.323 e. The van der Waals surface area contributed by atoms with Gasteiger partial charge >= 0.3 is 18.0 Å². The minimum atomic E-state index is -1.08. The van der Waals surface area contributed by atoms with Crippen LogP contribution in [0.5, 0.6) is 0 Å². The van der Waals surface area contributed by atoms with E-state index in [4.69, 9.17) is 10.8 Å². The lowest BCUT2D eigenvalue weighted by Gasteiger charge is -2.25. The van der Waals surface area contributed by atoms with E-state index in [0.29, 0.717) is 0 Å². The molecule has 0 fully saturated rings. The highest BCUT2D eigenvalue weighted by atomic mass is 16.4. The van der Waals surface area contributed by atoms with Gasteiger partial charge in [-0.25, -0.2) is 9.59 Å². The van der Waals surface area contributed by atoms with Crippen molar-refractivity contribution in [2.24, 2.45) is 5.73 Å². The molecule has 0 bridgehead atoms. The molecule has 0 aliphatic carbocycles. The van der Waals surface area contributed by atoms with Gasteiger partial charge in [0.25, 0.3) is 0 Å². The summed E-state index contributed by atoms with van der Waals surface area (Å²) < 4.78 is 0. The lowest BCUT2D eigenvalue weighted by molar-refractivity contribution is -0.138. The summed E-state index contributed by atoms with van der Waals surface area (Å²) in [4.78, 5) is 33.6. The van der Waals surface area contributed by atoms with Crippen molar-refractivity contribution >= 4 is 18.0 Å². The van der Waals surface area contributed by atoms with E-state index in [-0.39, 0.29) is 25.7 Å². The molecule has 0 unspecified atom stereocenters. The number of carboxylic acid groups (broad SMARTS) is 1. The molecule has 0 heterocycles. The zero-order valence-electron chi connectivity index (χ0n) is 9.90. The third kappa shape index (κ3) is 6.98. The zero-order valence-corrected chi connectivity index (χ0v) is 9.90. The Morgan fingerprint density at radius 2 is 1.76 bits per heavy atom. The molecule has 0 saturated heterocycles. The minimum absolute atomic E-state index is 0.185. The minimum Gasteiger partial charge on any atom is -0.480 e. The highest BCUT2D eigenvalue weighted by Gasteiger charge is 2.18. The lowest BCUT2D eigenvalue weighted by atomic mass is 10.3. The molecule has 5 N–H and O–H groups in total. The van der Waals surface area contributed by atoms with Crippen LogP contribution in [0.2, 0.25) is 0 Å². The predicted molar refractivity (Wildman–Crippen MR) is 60.5 cm³/mol. The molecule has 0 atom stereocenters. The number of hydrogen-bond acceptors (Lipinski definition) is 3. The summed E-state index contributed by atoms with van der Waals surface area (Å²) in [5.41, 5.74) is 4.83. The molecule has 0 aromatic rings. The Balaban J connectivity index is 4.06. The molecule has 8 heteroatoms. The SMILES string of the molecule is CC(C)N(CC(=O)O)C(=O)NCCNC(N)=O. The standard InChI is InChI=1S/C9H18N4O4/c1-6(2)13(5-7(14)15)9(17)12-4-3-11-8(10)16/h6H,3-5H2,1-2H3,(H,12,17)(H,14,15)(H3,10,11,16). The van der Waals surface area contributed by atoms with Crippen molar-refractivity contribution in [2.45, 2.75) is 19.9 Å². The first-order chi connectivity index (χ1) is 7.84. The number of carboxylic acids is 1. The van der Waals surface area contributed by atoms with Crippen LogP contribution >= 0.6 is 0 Å². The van der Waals surface area contributed by atoms with Crippen LogP contribution in [0.1, 0.15) is 13.8 Å². The maximum atomic E-state index is 11.6. The molecule has 0 aromatic heterocycles. The molecule has 17 heavy (non-hydrogen) atoms. The van der Waals surface area contributed by atoms with E-state index in [1.54, 1.807) is 13.8 Å². The molecule has 4 amide bonds. The van der Waals surface area contributed by atoms with Crippen molar-refractivity contribution in [3.8, 4) is 0 Å². The summed E-state index contributed by atoms with van der Waals surface area (Å²) in [7, 11) is 0. The third-order valence-corrected chi connectivity index (χ3v) is 1.89. The van der Waals surface area contributed by atoms with Crippen molar-refractivity contribution in [3.63, 3.8) is 0 Å². The Labute approximate surface area is 99.1 Å². The highest BCUT2D eigenvalue weighted by molar-refractivity contribution is 5.80. The molecule has 0 spiro atoms. The fourth-order valence-electron chi connectivity index (χ4n) is 1.09. The quantitative estimate of drug-likeness (QED) is 0.456. The third-order valence-electron chi connectivity index (χ3n) is 1.89. The number of primary amides is 1. The van der Waals surface area contributed by atoms with Crippen molar-refractivity contribution < 1.29 is 19.5 Å². The zero-order chi connectivity index (χ0) is 13.4. The van der Waals surface area contributed by atoms with E-state index in [2.05, 4.69) is 10.6 Å². The number of aliphatic carboxylic acids is 1. The van der Waals surface area contributed by atoms with Crippen LogP contribution in [0.4, 0.5) is 9.59 Å².